The van der Waals surface area contributed by atoms with Crippen LogP contribution < -0.4 is 0 Å². The third-order valence-corrected chi connectivity index (χ3v) is 3.80. The minimum Gasteiger partial charge on any atom is -0.563 e. The number of rotatable bonds is 8. The molecule has 0 spiro atoms. The zero-order chi connectivity index (χ0) is 20.5. The Morgan fingerprint density at radius 1 is 0.750 bits per heavy atom. The Balaban J connectivity index is 2.31. The molecule has 28 heavy (non-hydrogen) atoms. The molecule has 2 atom stereocenters. The van der Waals surface area contributed by atoms with Crippen molar-refractivity contribution in [2.24, 2.45) is 0 Å². The normalized spacial score (nSPS) is 13.8. The molecule has 0 aliphatic rings. The molecule has 0 bridgehead atoms. The second-order valence-electron chi connectivity index (χ2n) is 6.11. The molecule has 2 aromatic carbocycles. The summed E-state index contributed by atoms with van der Waals surface area (Å²) in [5.74, 6) is -1.41. The molecule has 0 radical (unpaired) electrons. The summed E-state index contributed by atoms with van der Waals surface area (Å²) in [7, 11) is 0. The molecule has 0 heterocycles. The summed E-state index contributed by atoms with van der Waals surface area (Å²) in [6.07, 6.45) is -2.79. The van der Waals surface area contributed by atoms with E-state index in [1.54, 1.807) is 60.7 Å². The Morgan fingerprint density at radius 2 is 1.07 bits per heavy atom. The van der Waals surface area contributed by atoms with Crippen molar-refractivity contribution >= 4 is 11.9 Å². The topological polar surface area (TPSA) is 105 Å². The molecule has 0 N–H and O–H groups in total. The number of carbonyl (C=O) groups excluding carboxylic acids is 2. The number of carbonyl (C=O) groups is 2. The van der Waals surface area contributed by atoms with Crippen LogP contribution in [-0.4, -0.2) is 34.1 Å². The highest BCUT2D eigenvalue weighted by molar-refractivity contribution is 5.66. The SMILES string of the molecule is CC(=O)OC(Cc1ccccc1)/[N+]([O-])=[N+](\[O-])C(Cc1ccccc1)OC(C)=O. The van der Waals surface area contributed by atoms with Crippen LogP contribution in [0.5, 0.6) is 0 Å². The first-order valence-corrected chi connectivity index (χ1v) is 8.71. The first-order chi connectivity index (χ1) is 13.4. The van der Waals surface area contributed by atoms with Gasteiger partial charge in [0.25, 0.3) is 0 Å². The average Bonchev–Trinajstić information content (AvgIpc) is 2.67. The molecule has 0 amide bonds. The number of benzene rings is 2. The molecule has 8 nitrogen and oxygen atoms in total. The van der Waals surface area contributed by atoms with Crippen LogP contribution in [0.1, 0.15) is 25.0 Å². The predicted molar refractivity (Wildman–Crippen MR) is 98.7 cm³/mol. The molecule has 0 saturated heterocycles. The van der Waals surface area contributed by atoms with E-state index in [-0.39, 0.29) is 22.6 Å². The fourth-order valence-corrected chi connectivity index (χ4v) is 2.60. The van der Waals surface area contributed by atoms with Crippen molar-refractivity contribution in [2.75, 3.05) is 0 Å². The molecule has 0 aromatic heterocycles. The van der Waals surface area contributed by atoms with E-state index in [1.165, 1.54) is 0 Å². The standard InChI is InChI=1S/C20H22N2O6/c1-15(23)27-19(13-17-9-5-3-6-10-17)21(25)22(26)20(28-16(2)24)14-18-11-7-4-8-12-18/h3-12,19-20H,13-14H2,1-2H3/b22-21+. The molecule has 2 aromatic rings. The van der Waals surface area contributed by atoms with Gasteiger partial charge >= 0.3 is 24.4 Å². The number of hydrogen-bond donors (Lipinski definition) is 0. The quantitative estimate of drug-likeness (QED) is 0.227. The van der Waals surface area contributed by atoms with Crippen molar-refractivity contribution in [3.63, 3.8) is 0 Å². The van der Waals surface area contributed by atoms with Gasteiger partial charge in [-0.3, -0.25) is 9.59 Å². The summed E-state index contributed by atoms with van der Waals surface area (Å²) in [5.41, 5.74) is 1.41. The van der Waals surface area contributed by atoms with Gasteiger partial charge in [0.2, 0.25) is 0 Å². The first kappa shape index (κ1) is 20.9. The number of hydroxylamine groups is 2. The average molecular weight is 386 g/mol. The van der Waals surface area contributed by atoms with Gasteiger partial charge < -0.3 is 19.9 Å². The van der Waals surface area contributed by atoms with E-state index >= 15 is 0 Å². The van der Waals surface area contributed by atoms with Gasteiger partial charge in [-0.15, -0.1) is 0 Å². The van der Waals surface area contributed by atoms with Gasteiger partial charge in [-0.2, -0.15) is 0 Å². The molecule has 0 saturated carbocycles. The number of ether oxygens (including phenoxy) is 2. The molecule has 8 heteroatoms. The molecule has 0 aliphatic carbocycles. The molecule has 2 rings (SSSR count). The summed E-state index contributed by atoms with van der Waals surface area (Å²) < 4.78 is 10.1. The largest absolute Gasteiger partial charge is 0.563 e. The van der Waals surface area contributed by atoms with Crippen LogP contribution in [-0.2, 0) is 31.9 Å². The van der Waals surface area contributed by atoms with Crippen molar-refractivity contribution in [2.45, 2.75) is 39.1 Å². The Morgan fingerprint density at radius 3 is 1.36 bits per heavy atom. The lowest BCUT2D eigenvalue weighted by molar-refractivity contribution is -1.02. The zero-order valence-electron chi connectivity index (χ0n) is 15.7. The van der Waals surface area contributed by atoms with Crippen LogP contribution in [0.3, 0.4) is 0 Å². The van der Waals surface area contributed by atoms with E-state index in [0.29, 0.717) is 11.1 Å². The number of esters is 2. The molecular weight excluding hydrogens is 364 g/mol. The molecule has 2 unspecified atom stereocenters. The van der Waals surface area contributed by atoms with Gasteiger partial charge in [0.15, 0.2) is 0 Å². The maximum Gasteiger partial charge on any atom is 0.375 e. The monoisotopic (exact) mass is 386 g/mol. The van der Waals surface area contributed by atoms with Crippen LogP contribution >= 0.6 is 0 Å². The van der Waals surface area contributed by atoms with Crippen LogP contribution in [0.15, 0.2) is 60.7 Å². The predicted octanol–water partition coefficient (Wildman–Crippen LogP) is 2.72. The molecule has 148 valence electrons. The smallest absolute Gasteiger partial charge is 0.375 e. The number of nitrogens with zero attached hydrogens (tertiary/aromatic N) is 2. The lowest BCUT2D eigenvalue weighted by atomic mass is 10.1. The number of hydrogen-bond acceptors (Lipinski definition) is 6. The van der Waals surface area contributed by atoms with E-state index in [2.05, 4.69) is 0 Å². The lowest BCUT2D eigenvalue weighted by Crippen LogP contribution is -2.40. The van der Waals surface area contributed by atoms with E-state index in [4.69, 9.17) is 9.47 Å². The Bertz CT molecular complexity index is 754. The van der Waals surface area contributed by atoms with Gasteiger partial charge in [-0.1, -0.05) is 60.7 Å². The highest BCUT2D eigenvalue weighted by atomic mass is 16.7. The second-order valence-corrected chi connectivity index (χ2v) is 6.11. The molecule has 0 aliphatic heterocycles. The summed E-state index contributed by atoms with van der Waals surface area (Å²) in [4.78, 5) is 22.8. The van der Waals surface area contributed by atoms with Crippen molar-refractivity contribution in [3.05, 3.63) is 82.2 Å². The van der Waals surface area contributed by atoms with Crippen molar-refractivity contribution < 1.29 is 28.8 Å². The third kappa shape index (κ3) is 6.39. The summed E-state index contributed by atoms with van der Waals surface area (Å²) in [6.45, 7) is 2.29. The maximum atomic E-state index is 12.7. The van der Waals surface area contributed by atoms with Gasteiger partial charge in [0.1, 0.15) is 0 Å². The van der Waals surface area contributed by atoms with Crippen molar-refractivity contribution in [1.82, 2.24) is 0 Å². The van der Waals surface area contributed by atoms with Crippen LogP contribution in [0, 0.1) is 10.4 Å². The summed E-state index contributed by atoms with van der Waals surface area (Å²) in [6, 6.07) is 17.6. The van der Waals surface area contributed by atoms with Crippen LogP contribution in [0.2, 0.25) is 0 Å². The highest BCUT2D eigenvalue weighted by Crippen LogP contribution is 2.12. The van der Waals surface area contributed by atoms with Crippen molar-refractivity contribution in [1.29, 1.82) is 0 Å². The van der Waals surface area contributed by atoms with E-state index in [9.17, 15) is 20.0 Å². The fraction of sp³-hybridized carbons (Fsp3) is 0.300. The van der Waals surface area contributed by atoms with Crippen molar-refractivity contribution in [3.8, 4) is 0 Å². The van der Waals surface area contributed by atoms with Gasteiger partial charge in [0.05, 0.1) is 22.6 Å². The van der Waals surface area contributed by atoms with E-state index < -0.39 is 24.4 Å². The summed E-state index contributed by atoms with van der Waals surface area (Å²) in [5, 5.41) is 25.3. The lowest BCUT2D eigenvalue weighted by Gasteiger charge is -2.18. The third-order valence-electron chi connectivity index (χ3n) is 3.80. The van der Waals surface area contributed by atoms with Crippen LogP contribution in [0.25, 0.3) is 0 Å². The minimum absolute atomic E-state index is 0.000782. The fourth-order valence-electron chi connectivity index (χ4n) is 2.60. The minimum atomic E-state index is -1.40. The Kier molecular flexibility index (Phi) is 7.50. The van der Waals surface area contributed by atoms with E-state index in [0.717, 1.165) is 13.8 Å². The molecule has 0 fully saturated rings. The highest BCUT2D eigenvalue weighted by Gasteiger charge is 2.34. The van der Waals surface area contributed by atoms with Gasteiger partial charge in [-0.05, 0) is 11.1 Å². The second kappa shape index (κ2) is 10.1. The first-order valence-electron chi connectivity index (χ1n) is 8.71. The Hall–Kier alpha value is -3.42. The van der Waals surface area contributed by atoms with Gasteiger partial charge in [0, 0.05) is 13.8 Å². The van der Waals surface area contributed by atoms with Gasteiger partial charge in [-0.25, -0.2) is 0 Å². The zero-order valence-corrected chi connectivity index (χ0v) is 15.7. The molecular formula is C20H22N2O6. The summed E-state index contributed by atoms with van der Waals surface area (Å²) >= 11 is 0. The maximum absolute atomic E-state index is 12.7. The Labute approximate surface area is 162 Å². The number of azo groups is 1. The van der Waals surface area contributed by atoms with Crippen LogP contribution in [0.4, 0.5) is 0 Å². The van der Waals surface area contributed by atoms with E-state index in [1.807, 2.05) is 0 Å².